The Bertz CT molecular complexity index is 731. The third-order valence-corrected chi connectivity index (χ3v) is 4.11. The highest BCUT2D eigenvalue weighted by Crippen LogP contribution is 2.22. The van der Waals surface area contributed by atoms with Crippen LogP contribution in [0, 0.1) is 0 Å². The zero-order chi connectivity index (χ0) is 15.7. The van der Waals surface area contributed by atoms with Crippen molar-refractivity contribution in [3.63, 3.8) is 0 Å². The lowest BCUT2D eigenvalue weighted by atomic mass is 10.1. The largest absolute Gasteiger partial charge is 0.335 e. The lowest BCUT2D eigenvalue weighted by Crippen LogP contribution is -2.31. The summed E-state index contributed by atoms with van der Waals surface area (Å²) in [7, 11) is 0. The summed E-state index contributed by atoms with van der Waals surface area (Å²) < 4.78 is 1.71. The average Bonchev–Trinajstić information content (AvgIpc) is 3.17. The second kappa shape index (κ2) is 5.79. The Kier molecular flexibility index (Phi) is 3.83. The smallest absolute Gasteiger partial charge is 0.271 e. The van der Waals surface area contributed by atoms with E-state index in [1.165, 1.54) is 0 Å². The molecular formula is C16H20N4O2. The van der Waals surface area contributed by atoms with Crippen molar-refractivity contribution in [1.29, 1.82) is 0 Å². The summed E-state index contributed by atoms with van der Waals surface area (Å²) in [5.41, 5.74) is 1.38. The van der Waals surface area contributed by atoms with Gasteiger partial charge in [-0.3, -0.25) is 14.7 Å². The normalized spacial score (nSPS) is 18.1. The van der Waals surface area contributed by atoms with Gasteiger partial charge in [-0.05, 0) is 24.5 Å². The van der Waals surface area contributed by atoms with Crippen LogP contribution in [0.2, 0.25) is 0 Å². The van der Waals surface area contributed by atoms with Gasteiger partial charge in [-0.1, -0.05) is 19.9 Å². The van der Waals surface area contributed by atoms with Crippen molar-refractivity contribution in [3.8, 4) is 0 Å². The fourth-order valence-corrected chi connectivity index (χ4v) is 2.81. The number of aromatic amines is 1. The number of amides is 1. The van der Waals surface area contributed by atoms with E-state index in [9.17, 15) is 9.59 Å². The Labute approximate surface area is 128 Å². The van der Waals surface area contributed by atoms with E-state index >= 15 is 0 Å². The highest BCUT2D eigenvalue weighted by molar-refractivity contribution is 5.92. The number of hydrogen-bond donors (Lipinski definition) is 1. The Morgan fingerprint density at radius 2 is 2.23 bits per heavy atom. The van der Waals surface area contributed by atoms with E-state index < -0.39 is 0 Å². The minimum atomic E-state index is -0.0501. The molecule has 0 spiro atoms. The van der Waals surface area contributed by atoms with Gasteiger partial charge in [0.05, 0.1) is 11.7 Å². The maximum Gasteiger partial charge on any atom is 0.271 e. The van der Waals surface area contributed by atoms with E-state index in [1.807, 2.05) is 26.0 Å². The first-order valence-corrected chi connectivity index (χ1v) is 7.58. The number of carbonyl (C=O) groups is 1. The molecule has 6 nitrogen and oxygen atoms in total. The highest BCUT2D eigenvalue weighted by atomic mass is 16.2. The number of nitrogens with one attached hydrogen (secondary N) is 1. The molecule has 1 unspecified atom stereocenters. The van der Waals surface area contributed by atoms with Gasteiger partial charge >= 0.3 is 0 Å². The Hall–Kier alpha value is -2.37. The lowest BCUT2D eigenvalue weighted by Gasteiger charge is -2.16. The van der Waals surface area contributed by atoms with Gasteiger partial charge in [-0.25, -0.2) is 0 Å². The molecule has 0 saturated carbocycles. The standard InChI is InChI=1S/C16H20N4O2/c1-11(2)13-9-14(18-17-13)16(22)19-8-6-12(10-19)20-7-4-3-5-15(20)21/h3-5,7,9,11-12H,6,8,10H2,1-2H3,(H,17,18). The molecule has 1 atom stereocenters. The van der Waals surface area contributed by atoms with Gasteiger partial charge in [-0.15, -0.1) is 0 Å². The van der Waals surface area contributed by atoms with Crippen molar-refractivity contribution >= 4 is 5.91 Å². The van der Waals surface area contributed by atoms with Crippen LogP contribution in [0.5, 0.6) is 0 Å². The number of hydrogen-bond acceptors (Lipinski definition) is 3. The summed E-state index contributed by atoms with van der Waals surface area (Å²) in [5.74, 6) is 0.234. The summed E-state index contributed by atoms with van der Waals surface area (Å²) in [6.45, 7) is 5.29. The van der Waals surface area contributed by atoms with Crippen LogP contribution >= 0.6 is 0 Å². The number of carbonyl (C=O) groups excluding carboxylic acids is 1. The fraction of sp³-hybridized carbons (Fsp3) is 0.438. The monoisotopic (exact) mass is 300 g/mol. The molecule has 3 heterocycles. The Morgan fingerprint density at radius 1 is 1.41 bits per heavy atom. The lowest BCUT2D eigenvalue weighted by molar-refractivity contribution is 0.0781. The van der Waals surface area contributed by atoms with Crippen molar-refractivity contribution in [3.05, 3.63) is 52.2 Å². The van der Waals surface area contributed by atoms with Crippen LogP contribution in [-0.2, 0) is 0 Å². The molecule has 1 fully saturated rings. The molecule has 1 aliphatic rings. The topological polar surface area (TPSA) is 71.0 Å². The third kappa shape index (κ3) is 2.68. The zero-order valence-electron chi connectivity index (χ0n) is 12.8. The van der Waals surface area contributed by atoms with E-state index in [4.69, 9.17) is 0 Å². The Morgan fingerprint density at radius 3 is 2.91 bits per heavy atom. The first-order chi connectivity index (χ1) is 10.6. The zero-order valence-corrected chi connectivity index (χ0v) is 12.8. The molecule has 116 valence electrons. The molecule has 0 aromatic carbocycles. The Balaban J connectivity index is 1.73. The van der Waals surface area contributed by atoms with E-state index in [1.54, 1.807) is 27.8 Å². The number of pyridine rings is 1. The predicted octanol–water partition coefficient (Wildman–Crippen LogP) is 1.78. The van der Waals surface area contributed by atoms with Crippen molar-refractivity contribution in [2.24, 2.45) is 0 Å². The molecule has 22 heavy (non-hydrogen) atoms. The SMILES string of the molecule is CC(C)c1cc(C(=O)N2CCC(n3ccccc3=O)C2)[nH]n1. The van der Waals surface area contributed by atoms with Crippen LogP contribution in [-0.4, -0.2) is 38.7 Å². The van der Waals surface area contributed by atoms with E-state index in [0.717, 1.165) is 12.1 Å². The van der Waals surface area contributed by atoms with Crippen molar-refractivity contribution in [2.45, 2.75) is 32.2 Å². The summed E-state index contributed by atoms with van der Waals surface area (Å²) in [4.78, 5) is 26.2. The van der Waals surface area contributed by atoms with Crippen LogP contribution in [0.25, 0.3) is 0 Å². The van der Waals surface area contributed by atoms with E-state index in [0.29, 0.717) is 18.8 Å². The van der Waals surface area contributed by atoms with Crippen LogP contribution in [0.3, 0.4) is 0 Å². The molecule has 1 N–H and O–H groups in total. The first-order valence-electron chi connectivity index (χ1n) is 7.58. The fourth-order valence-electron chi connectivity index (χ4n) is 2.81. The van der Waals surface area contributed by atoms with Gasteiger partial charge in [0, 0.05) is 25.4 Å². The summed E-state index contributed by atoms with van der Waals surface area (Å²) in [6.07, 6.45) is 2.58. The minimum absolute atomic E-state index is 0.0227. The molecule has 3 rings (SSSR count). The third-order valence-electron chi connectivity index (χ3n) is 4.11. The molecule has 0 aliphatic carbocycles. The first kappa shape index (κ1) is 14.6. The molecule has 1 amide bonds. The molecular weight excluding hydrogens is 280 g/mol. The van der Waals surface area contributed by atoms with Gasteiger partial charge in [0.1, 0.15) is 5.69 Å². The van der Waals surface area contributed by atoms with Crippen LogP contribution in [0.4, 0.5) is 0 Å². The van der Waals surface area contributed by atoms with E-state index in [2.05, 4.69) is 10.2 Å². The van der Waals surface area contributed by atoms with Crippen LogP contribution < -0.4 is 5.56 Å². The maximum absolute atomic E-state index is 12.5. The summed E-state index contributed by atoms with van der Waals surface area (Å²) in [6, 6.07) is 6.98. The van der Waals surface area contributed by atoms with Crippen LogP contribution in [0.1, 0.15) is 48.4 Å². The van der Waals surface area contributed by atoms with Crippen molar-refractivity contribution in [2.75, 3.05) is 13.1 Å². The van der Waals surface area contributed by atoms with Gasteiger partial charge in [0.25, 0.3) is 11.5 Å². The van der Waals surface area contributed by atoms with Gasteiger partial charge < -0.3 is 9.47 Å². The van der Waals surface area contributed by atoms with Gasteiger partial charge in [0.2, 0.25) is 0 Å². The van der Waals surface area contributed by atoms with Crippen molar-refractivity contribution < 1.29 is 4.79 Å². The predicted molar refractivity (Wildman–Crippen MR) is 82.9 cm³/mol. The number of nitrogens with zero attached hydrogens (tertiary/aromatic N) is 3. The van der Waals surface area contributed by atoms with Crippen molar-refractivity contribution in [1.82, 2.24) is 19.7 Å². The molecule has 1 saturated heterocycles. The van der Waals surface area contributed by atoms with Crippen LogP contribution in [0.15, 0.2) is 35.3 Å². The second-order valence-electron chi connectivity index (χ2n) is 6.00. The van der Waals surface area contributed by atoms with E-state index in [-0.39, 0.29) is 23.4 Å². The molecule has 1 aliphatic heterocycles. The maximum atomic E-state index is 12.5. The minimum Gasteiger partial charge on any atom is -0.335 e. The highest BCUT2D eigenvalue weighted by Gasteiger charge is 2.29. The second-order valence-corrected chi connectivity index (χ2v) is 6.00. The number of H-pyrrole nitrogens is 1. The molecule has 0 bridgehead atoms. The quantitative estimate of drug-likeness (QED) is 0.939. The number of likely N-dealkylation sites (tertiary alicyclic amines) is 1. The molecule has 6 heteroatoms. The summed E-state index contributed by atoms with van der Waals surface area (Å²) >= 11 is 0. The number of aromatic nitrogens is 3. The molecule has 2 aromatic heterocycles. The van der Waals surface area contributed by atoms with Gasteiger partial charge in [0.15, 0.2) is 0 Å². The number of rotatable bonds is 3. The van der Waals surface area contributed by atoms with Gasteiger partial charge in [-0.2, -0.15) is 5.10 Å². The molecule has 0 radical (unpaired) electrons. The average molecular weight is 300 g/mol. The molecule has 2 aromatic rings. The summed E-state index contributed by atoms with van der Waals surface area (Å²) in [5, 5.41) is 6.99.